The Morgan fingerprint density at radius 1 is 1.26 bits per heavy atom. The minimum absolute atomic E-state index is 0.0209. The highest BCUT2D eigenvalue weighted by Gasteiger charge is 2.24. The van der Waals surface area contributed by atoms with E-state index in [0.717, 1.165) is 53.0 Å². The lowest BCUT2D eigenvalue weighted by Crippen LogP contribution is -2.45. The van der Waals surface area contributed by atoms with Crippen molar-refractivity contribution in [2.75, 3.05) is 13.1 Å². The van der Waals surface area contributed by atoms with Crippen LogP contribution in [0.3, 0.4) is 0 Å². The summed E-state index contributed by atoms with van der Waals surface area (Å²) < 4.78 is 5.26. The summed E-state index contributed by atoms with van der Waals surface area (Å²) in [6.45, 7) is 4.37. The molecule has 4 aromatic rings. The molecule has 0 radical (unpaired) electrons. The number of benzene rings is 2. The Balaban J connectivity index is 1.62. The van der Waals surface area contributed by atoms with Crippen molar-refractivity contribution in [2.45, 2.75) is 32.4 Å². The van der Waals surface area contributed by atoms with Crippen LogP contribution in [-0.2, 0) is 13.6 Å². The first-order chi connectivity index (χ1) is 15.0. The van der Waals surface area contributed by atoms with E-state index in [-0.39, 0.29) is 11.9 Å². The molecular weight excluding hydrogens is 454 g/mol. The maximum Gasteiger partial charge on any atom is 0.254 e. The molecular formula is C24H26BrN5O. The average molecular weight is 480 g/mol. The minimum atomic E-state index is 0.0209. The van der Waals surface area contributed by atoms with Gasteiger partial charge in [-0.25, -0.2) is 4.98 Å². The second-order valence-corrected chi connectivity index (χ2v) is 9.16. The van der Waals surface area contributed by atoms with Gasteiger partial charge >= 0.3 is 0 Å². The Morgan fingerprint density at radius 3 is 2.84 bits per heavy atom. The minimum Gasteiger partial charge on any atom is -0.338 e. The summed E-state index contributed by atoms with van der Waals surface area (Å²) in [6, 6.07) is 14.5. The number of para-hydroxylation sites is 1. The molecule has 2 aromatic heterocycles. The summed E-state index contributed by atoms with van der Waals surface area (Å²) >= 11 is 3.70. The van der Waals surface area contributed by atoms with Gasteiger partial charge in [-0.15, -0.1) is 0 Å². The van der Waals surface area contributed by atoms with Gasteiger partial charge in [0.25, 0.3) is 5.91 Å². The van der Waals surface area contributed by atoms with E-state index >= 15 is 0 Å². The van der Waals surface area contributed by atoms with Gasteiger partial charge in [0.15, 0.2) is 5.82 Å². The molecule has 7 heteroatoms. The van der Waals surface area contributed by atoms with Crippen molar-refractivity contribution in [3.63, 3.8) is 0 Å². The first-order valence-corrected chi connectivity index (χ1v) is 11.6. The van der Waals surface area contributed by atoms with E-state index in [2.05, 4.69) is 62.3 Å². The van der Waals surface area contributed by atoms with E-state index < -0.39 is 0 Å². The van der Waals surface area contributed by atoms with Crippen LogP contribution in [0.4, 0.5) is 0 Å². The fourth-order valence-electron chi connectivity index (χ4n) is 4.76. The fraction of sp³-hybridized carbons (Fsp3) is 0.333. The lowest BCUT2D eigenvalue weighted by molar-refractivity contribution is 0.0709. The van der Waals surface area contributed by atoms with E-state index in [1.165, 1.54) is 10.9 Å². The number of amides is 1. The van der Waals surface area contributed by atoms with Gasteiger partial charge in [-0.3, -0.25) is 4.79 Å². The first kappa shape index (κ1) is 20.3. The fourth-order valence-corrected chi connectivity index (χ4v) is 5.48. The molecule has 3 heterocycles. The van der Waals surface area contributed by atoms with E-state index in [1.54, 1.807) is 0 Å². The van der Waals surface area contributed by atoms with Gasteiger partial charge in [-0.05, 0) is 60.0 Å². The highest BCUT2D eigenvalue weighted by Crippen LogP contribution is 2.33. The SMILES string of the molecule is CCn1c(-c2nc3cc(C(=O)N4CCCC(N)C4)cc(Br)c3n2C)cc2ccccc21. The zero-order valence-corrected chi connectivity index (χ0v) is 19.4. The number of rotatable bonds is 3. The summed E-state index contributed by atoms with van der Waals surface area (Å²) in [7, 11) is 2.03. The van der Waals surface area contributed by atoms with Gasteiger partial charge in [-0.1, -0.05) is 18.2 Å². The second kappa shape index (κ2) is 7.80. The Hall–Kier alpha value is -2.64. The van der Waals surface area contributed by atoms with Crippen molar-refractivity contribution in [3.05, 3.63) is 52.5 Å². The van der Waals surface area contributed by atoms with Crippen LogP contribution >= 0.6 is 15.9 Å². The molecule has 0 bridgehead atoms. The molecule has 2 N–H and O–H groups in total. The molecule has 1 aliphatic heterocycles. The van der Waals surface area contributed by atoms with Crippen LogP contribution in [-0.4, -0.2) is 44.1 Å². The van der Waals surface area contributed by atoms with E-state index in [4.69, 9.17) is 10.7 Å². The Labute approximate surface area is 189 Å². The third-order valence-corrected chi connectivity index (χ3v) is 6.88. The molecule has 5 rings (SSSR count). The lowest BCUT2D eigenvalue weighted by atomic mass is 10.1. The number of carbonyl (C=O) groups excluding carboxylic acids is 1. The van der Waals surface area contributed by atoms with Crippen molar-refractivity contribution in [1.82, 2.24) is 19.0 Å². The number of nitrogens with zero attached hydrogens (tertiary/aromatic N) is 4. The van der Waals surface area contributed by atoms with Crippen molar-refractivity contribution in [3.8, 4) is 11.5 Å². The number of aryl methyl sites for hydroxylation is 2. The summed E-state index contributed by atoms with van der Waals surface area (Å²) in [4.78, 5) is 20.0. The van der Waals surface area contributed by atoms with E-state index in [0.29, 0.717) is 12.1 Å². The van der Waals surface area contributed by atoms with Crippen molar-refractivity contribution < 1.29 is 4.79 Å². The highest BCUT2D eigenvalue weighted by atomic mass is 79.9. The average Bonchev–Trinajstić information content (AvgIpc) is 3.30. The monoisotopic (exact) mass is 479 g/mol. The van der Waals surface area contributed by atoms with E-state index in [1.807, 2.05) is 24.1 Å². The Bertz CT molecular complexity index is 1300. The smallest absolute Gasteiger partial charge is 0.254 e. The third kappa shape index (κ3) is 3.36. The number of aromatic nitrogens is 3. The standard InChI is InChI=1S/C24H26BrN5O/c1-3-30-20-9-5-4-7-15(20)13-21(30)23-27-19-12-16(11-18(25)22(19)28(23)2)24(31)29-10-6-8-17(26)14-29/h4-5,7,9,11-13,17H,3,6,8,10,14,26H2,1-2H3. The van der Waals surface area contributed by atoms with Gasteiger partial charge < -0.3 is 19.8 Å². The van der Waals surface area contributed by atoms with Crippen molar-refractivity contribution >= 4 is 43.8 Å². The summed E-state index contributed by atoms with van der Waals surface area (Å²) in [5.74, 6) is 0.908. The molecule has 1 saturated heterocycles. The van der Waals surface area contributed by atoms with Gasteiger partial charge in [0.1, 0.15) is 0 Å². The van der Waals surface area contributed by atoms with Gasteiger partial charge in [0.05, 0.1) is 16.7 Å². The lowest BCUT2D eigenvalue weighted by Gasteiger charge is -2.30. The van der Waals surface area contributed by atoms with Crippen molar-refractivity contribution in [2.24, 2.45) is 12.8 Å². The number of hydrogen-bond acceptors (Lipinski definition) is 3. The molecule has 1 fully saturated rings. The molecule has 1 atom stereocenters. The number of nitrogens with two attached hydrogens (primary N) is 1. The van der Waals surface area contributed by atoms with E-state index in [9.17, 15) is 4.79 Å². The quantitative estimate of drug-likeness (QED) is 0.468. The number of imidazole rings is 1. The van der Waals surface area contributed by atoms with Gasteiger partial charge in [-0.2, -0.15) is 0 Å². The maximum atomic E-state index is 13.1. The van der Waals surface area contributed by atoms with Crippen LogP contribution in [0.2, 0.25) is 0 Å². The van der Waals surface area contributed by atoms with Crippen LogP contribution in [0.25, 0.3) is 33.5 Å². The second-order valence-electron chi connectivity index (χ2n) is 8.31. The summed E-state index contributed by atoms with van der Waals surface area (Å²) in [5, 5.41) is 1.20. The number of hydrogen-bond donors (Lipinski definition) is 1. The number of likely N-dealkylation sites (tertiary alicyclic amines) is 1. The van der Waals surface area contributed by atoms with Gasteiger partial charge in [0, 0.05) is 53.7 Å². The van der Waals surface area contributed by atoms with Crippen LogP contribution in [0.15, 0.2) is 46.9 Å². The number of piperidine rings is 1. The van der Waals surface area contributed by atoms with Crippen LogP contribution in [0.5, 0.6) is 0 Å². The molecule has 0 spiro atoms. The zero-order valence-electron chi connectivity index (χ0n) is 17.8. The third-order valence-electron chi connectivity index (χ3n) is 6.27. The molecule has 31 heavy (non-hydrogen) atoms. The zero-order chi connectivity index (χ0) is 21.7. The van der Waals surface area contributed by atoms with Crippen LogP contribution in [0.1, 0.15) is 30.1 Å². The molecule has 0 saturated carbocycles. The van der Waals surface area contributed by atoms with Gasteiger partial charge in [0.2, 0.25) is 0 Å². The topological polar surface area (TPSA) is 69.1 Å². The molecule has 1 aliphatic rings. The maximum absolute atomic E-state index is 13.1. The largest absolute Gasteiger partial charge is 0.338 e. The normalized spacial score (nSPS) is 17.0. The van der Waals surface area contributed by atoms with Crippen molar-refractivity contribution in [1.29, 1.82) is 0 Å². The predicted molar refractivity (Wildman–Crippen MR) is 128 cm³/mol. The molecule has 6 nitrogen and oxygen atoms in total. The highest BCUT2D eigenvalue weighted by molar-refractivity contribution is 9.10. The number of halogens is 1. The molecule has 160 valence electrons. The summed E-state index contributed by atoms with van der Waals surface area (Å²) in [5.41, 5.74) is 10.8. The molecule has 2 aromatic carbocycles. The number of carbonyl (C=O) groups is 1. The molecule has 1 amide bonds. The van der Waals surface area contributed by atoms with Crippen LogP contribution in [0, 0.1) is 0 Å². The molecule has 0 aliphatic carbocycles. The first-order valence-electron chi connectivity index (χ1n) is 10.8. The molecule has 1 unspecified atom stereocenters. The predicted octanol–water partition coefficient (Wildman–Crippen LogP) is 4.54. The Kier molecular flexibility index (Phi) is 5.10. The Morgan fingerprint density at radius 2 is 2.06 bits per heavy atom. The number of fused-ring (bicyclic) bond motifs is 2. The summed E-state index contributed by atoms with van der Waals surface area (Å²) in [6.07, 6.45) is 1.92. The van der Waals surface area contributed by atoms with Crippen LogP contribution < -0.4 is 5.73 Å².